The first-order chi connectivity index (χ1) is 12.0. The van der Waals surface area contributed by atoms with E-state index in [1.807, 2.05) is 0 Å². The summed E-state index contributed by atoms with van der Waals surface area (Å²) in [5.74, 6) is 0. The van der Waals surface area contributed by atoms with E-state index in [0.29, 0.717) is 6.42 Å². The smallest absolute Gasteiger partial charge is 0.408 e. The summed E-state index contributed by atoms with van der Waals surface area (Å²) in [6.45, 7) is 5.07. The quantitative estimate of drug-likeness (QED) is 0.761. The van der Waals surface area contributed by atoms with Crippen LogP contribution in [-0.4, -0.2) is 25.4 Å². The molecule has 2 rings (SSSR count). The second-order valence-corrected chi connectivity index (χ2v) is 9.89. The minimum Gasteiger partial charge on any atom is -0.444 e. The Hall–Kier alpha value is -1.50. The third-order valence-corrected chi connectivity index (χ3v) is 6.66. The van der Waals surface area contributed by atoms with Crippen LogP contribution in [0.3, 0.4) is 0 Å². The van der Waals surface area contributed by atoms with Crippen LogP contribution in [0.2, 0.25) is 10.0 Å². The number of carbonyl (C=O) groups excluding carboxylic acids is 1. The number of halogens is 2. The predicted octanol–water partition coefficient (Wildman–Crippen LogP) is 4.82. The molecule has 0 aromatic heterocycles. The zero-order valence-corrected chi connectivity index (χ0v) is 17.0. The lowest BCUT2D eigenvalue weighted by Crippen LogP contribution is -2.41. The number of hydrogen-bond acceptors (Lipinski definition) is 4. The average molecular weight is 418 g/mol. The van der Waals surface area contributed by atoms with Crippen LogP contribution in [0.5, 0.6) is 0 Å². The third kappa shape index (κ3) is 5.02. The summed E-state index contributed by atoms with van der Waals surface area (Å²) in [6, 6.07) is 4.66. The van der Waals surface area contributed by atoms with Crippen LogP contribution in [0.25, 0.3) is 0 Å². The largest absolute Gasteiger partial charge is 0.444 e. The van der Waals surface area contributed by atoms with E-state index in [1.54, 1.807) is 57.2 Å². The molecule has 1 aliphatic carbocycles. The molecule has 1 aromatic rings. The Bertz CT molecular complexity index is 841. The lowest BCUT2D eigenvalue weighted by atomic mass is 10.2. The maximum Gasteiger partial charge on any atom is 0.408 e. The molecule has 1 N–H and O–H groups in total. The van der Waals surface area contributed by atoms with Gasteiger partial charge >= 0.3 is 6.09 Å². The number of sulfone groups is 1. The molecule has 142 valence electrons. The highest BCUT2D eigenvalue weighted by atomic mass is 35.5. The van der Waals surface area contributed by atoms with Gasteiger partial charge in [0.1, 0.15) is 5.60 Å². The lowest BCUT2D eigenvalue weighted by molar-refractivity contribution is 0.0519. The molecule has 2 unspecified atom stereocenters. The molecule has 26 heavy (non-hydrogen) atoms. The van der Waals surface area contributed by atoms with Gasteiger partial charge in [-0.2, -0.15) is 0 Å². The van der Waals surface area contributed by atoms with Gasteiger partial charge < -0.3 is 10.1 Å². The molecule has 0 spiro atoms. The van der Waals surface area contributed by atoms with E-state index in [1.165, 1.54) is 6.07 Å². The Balaban J connectivity index is 2.45. The van der Waals surface area contributed by atoms with Gasteiger partial charge in [0.2, 0.25) is 0 Å². The summed E-state index contributed by atoms with van der Waals surface area (Å²) in [6.07, 6.45) is 6.23. The van der Waals surface area contributed by atoms with Crippen molar-refractivity contribution in [3.63, 3.8) is 0 Å². The number of allylic oxidation sites excluding steroid dienone is 3. The topological polar surface area (TPSA) is 72.5 Å². The van der Waals surface area contributed by atoms with Crippen LogP contribution in [0.1, 0.15) is 38.1 Å². The molecular formula is C18H21Cl2NO4S. The minimum absolute atomic E-state index is 0.0779. The molecule has 2 atom stereocenters. The molecule has 0 fully saturated rings. The SMILES string of the molecule is CC(C)(C)OC(=O)NC(c1cccc(Cl)c1Cl)S(=O)(=O)C1C=CC=CC1. The summed E-state index contributed by atoms with van der Waals surface area (Å²) in [4.78, 5) is 12.3. The zero-order chi connectivity index (χ0) is 19.5. The van der Waals surface area contributed by atoms with E-state index in [-0.39, 0.29) is 15.6 Å². The van der Waals surface area contributed by atoms with Crippen molar-refractivity contribution in [2.75, 3.05) is 0 Å². The number of rotatable bonds is 4. The van der Waals surface area contributed by atoms with E-state index in [0.717, 1.165) is 0 Å². The van der Waals surface area contributed by atoms with E-state index in [2.05, 4.69) is 5.32 Å². The third-order valence-electron chi connectivity index (χ3n) is 3.60. The first kappa shape index (κ1) is 20.8. The average Bonchev–Trinajstić information content (AvgIpc) is 2.54. The monoisotopic (exact) mass is 417 g/mol. The van der Waals surface area contributed by atoms with Gasteiger partial charge in [-0.3, -0.25) is 0 Å². The number of amides is 1. The molecule has 0 radical (unpaired) electrons. The van der Waals surface area contributed by atoms with Crippen LogP contribution in [0.15, 0.2) is 42.5 Å². The Labute approximate surface area is 163 Å². The van der Waals surface area contributed by atoms with Gasteiger partial charge in [0.25, 0.3) is 0 Å². The molecule has 1 aliphatic rings. The van der Waals surface area contributed by atoms with Crippen molar-refractivity contribution in [1.82, 2.24) is 5.32 Å². The van der Waals surface area contributed by atoms with Crippen LogP contribution in [0.4, 0.5) is 4.79 Å². The first-order valence-corrected chi connectivity index (χ1v) is 10.4. The van der Waals surface area contributed by atoms with Gasteiger partial charge in [-0.25, -0.2) is 13.2 Å². The number of ether oxygens (including phenoxy) is 1. The fourth-order valence-electron chi connectivity index (χ4n) is 2.45. The number of nitrogens with one attached hydrogen (secondary N) is 1. The van der Waals surface area contributed by atoms with Gasteiger partial charge in [0.15, 0.2) is 15.2 Å². The summed E-state index contributed by atoms with van der Waals surface area (Å²) in [5, 5.41) is 0.552. The minimum atomic E-state index is -3.86. The summed E-state index contributed by atoms with van der Waals surface area (Å²) < 4.78 is 31.6. The molecule has 0 aliphatic heterocycles. The summed E-state index contributed by atoms with van der Waals surface area (Å²) in [7, 11) is -3.86. The van der Waals surface area contributed by atoms with Crippen molar-refractivity contribution in [2.45, 2.75) is 43.4 Å². The summed E-state index contributed by atoms with van der Waals surface area (Å²) >= 11 is 12.3. The second kappa shape index (κ2) is 8.03. The van der Waals surface area contributed by atoms with Crippen LogP contribution in [0, 0.1) is 0 Å². The van der Waals surface area contributed by atoms with Crippen LogP contribution >= 0.6 is 23.2 Å². The van der Waals surface area contributed by atoms with Gasteiger partial charge in [0, 0.05) is 5.56 Å². The van der Waals surface area contributed by atoms with E-state index in [4.69, 9.17) is 27.9 Å². The van der Waals surface area contributed by atoms with Crippen molar-refractivity contribution in [1.29, 1.82) is 0 Å². The van der Waals surface area contributed by atoms with Crippen LogP contribution in [-0.2, 0) is 14.6 Å². The van der Waals surface area contributed by atoms with Crippen molar-refractivity contribution >= 4 is 39.1 Å². The molecular weight excluding hydrogens is 397 g/mol. The van der Waals surface area contributed by atoms with Gasteiger partial charge in [0.05, 0.1) is 15.3 Å². The zero-order valence-electron chi connectivity index (χ0n) is 14.7. The number of benzene rings is 1. The van der Waals surface area contributed by atoms with Gasteiger partial charge in [-0.15, -0.1) is 0 Å². The molecule has 0 saturated heterocycles. The maximum atomic E-state index is 13.2. The summed E-state index contributed by atoms with van der Waals surface area (Å²) in [5.41, 5.74) is -0.572. The Kier molecular flexibility index (Phi) is 6.42. The normalized spacial score (nSPS) is 18.4. The molecule has 0 bridgehead atoms. The Morgan fingerprint density at radius 2 is 1.96 bits per heavy atom. The maximum absolute atomic E-state index is 13.2. The van der Waals surface area contributed by atoms with Crippen molar-refractivity contribution in [3.05, 3.63) is 58.1 Å². The van der Waals surface area contributed by atoms with E-state index in [9.17, 15) is 13.2 Å². The van der Waals surface area contributed by atoms with Gasteiger partial charge in [-0.1, -0.05) is 59.6 Å². The van der Waals surface area contributed by atoms with Crippen molar-refractivity contribution < 1.29 is 17.9 Å². The van der Waals surface area contributed by atoms with Crippen molar-refractivity contribution in [3.8, 4) is 0 Å². The standard InChI is InChI=1S/C18H21Cl2NO4S/c1-18(2,3)25-17(22)21-16(13-10-7-11-14(19)15(13)20)26(23,24)12-8-5-4-6-9-12/h4-8,10-12,16H,9H2,1-3H3,(H,21,22). The number of carbonyl (C=O) groups is 1. The fraction of sp³-hybridized carbons (Fsp3) is 0.389. The van der Waals surface area contributed by atoms with E-state index >= 15 is 0 Å². The highest BCUT2D eigenvalue weighted by Gasteiger charge is 2.37. The number of alkyl carbamates (subject to hydrolysis) is 1. The molecule has 8 heteroatoms. The highest BCUT2D eigenvalue weighted by Crippen LogP contribution is 2.35. The first-order valence-electron chi connectivity index (χ1n) is 8.02. The van der Waals surface area contributed by atoms with Crippen molar-refractivity contribution in [2.24, 2.45) is 0 Å². The molecule has 0 heterocycles. The number of hydrogen-bond donors (Lipinski definition) is 1. The highest BCUT2D eigenvalue weighted by molar-refractivity contribution is 7.92. The second-order valence-electron chi connectivity index (χ2n) is 6.85. The van der Waals surface area contributed by atoms with E-state index < -0.39 is 32.2 Å². The Morgan fingerprint density at radius 3 is 2.54 bits per heavy atom. The Morgan fingerprint density at radius 1 is 1.27 bits per heavy atom. The molecule has 0 saturated carbocycles. The lowest BCUT2D eigenvalue weighted by Gasteiger charge is -2.27. The molecule has 5 nitrogen and oxygen atoms in total. The van der Waals surface area contributed by atoms with Crippen LogP contribution < -0.4 is 5.32 Å². The van der Waals surface area contributed by atoms with Gasteiger partial charge in [-0.05, 0) is 33.3 Å². The fourth-order valence-corrected chi connectivity index (χ4v) is 4.78. The predicted molar refractivity (Wildman–Crippen MR) is 104 cm³/mol. The molecule has 1 aromatic carbocycles. The molecule has 1 amide bonds.